The summed E-state index contributed by atoms with van der Waals surface area (Å²) in [5.74, 6) is 0.268. The number of aromatic nitrogens is 1. The number of esters is 1. The second kappa shape index (κ2) is 8.75. The fourth-order valence-corrected chi connectivity index (χ4v) is 4.37. The van der Waals surface area contributed by atoms with Crippen LogP contribution in [0.5, 0.6) is 0 Å². The maximum Gasteiger partial charge on any atom is 0.337 e. The molecule has 28 heavy (non-hydrogen) atoms. The van der Waals surface area contributed by atoms with Crippen molar-refractivity contribution in [2.24, 2.45) is 4.99 Å². The van der Waals surface area contributed by atoms with Crippen molar-refractivity contribution in [3.8, 4) is 0 Å². The summed E-state index contributed by atoms with van der Waals surface area (Å²) in [6.07, 6.45) is 2.04. The SMILES string of the molecule is COC(=O)c1ccc2c(c1)sc(=NC(=O)c1cc(C)ccc1C)n2CCSC. The van der Waals surface area contributed by atoms with Gasteiger partial charge in [0, 0.05) is 17.9 Å². The molecule has 3 aromatic rings. The molecule has 1 aromatic heterocycles. The van der Waals surface area contributed by atoms with E-state index in [9.17, 15) is 9.59 Å². The van der Waals surface area contributed by atoms with Crippen LogP contribution in [0.1, 0.15) is 31.8 Å². The number of hydrogen-bond acceptors (Lipinski definition) is 5. The quantitative estimate of drug-likeness (QED) is 0.587. The Labute approximate surface area is 172 Å². The van der Waals surface area contributed by atoms with Crippen molar-refractivity contribution < 1.29 is 14.3 Å². The van der Waals surface area contributed by atoms with Gasteiger partial charge in [0.2, 0.25) is 0 Å². The van der Waals surface area contributed by atoms with Crippen LogP contribution in [0.2, 0.25) is 0 Å². The number of carbonyl (C=O) groups excluding carboxylic acids is 2. The number of ether oxygens (including phenoxy) is 1. The van der Waals surface area contributed by atoms with Gasteiger partial charge in [-0.25, -0.2) is 4.79 Å². The van der Waals surface area contributed by atoms with Crippen LogP contribution in [0.3, 0.4) is 0 Å². The highest BCUT2D eigenvalue weighted by atomic mass is 32.2. The smallest absolute Gasteiger partial charge is 0.337 e. The summed E-state index contributed by atoms with van der Waals surface area (Å²) in [5, 5.41) is 0. The van der Waals surface area contributed by atoms with Crippen LogP contribution < -0.4 is 4.80 Å². The molecule has 146 valence electrons. The Morgan fingerprint density at radius 1 is 1.18 bits per heavy atom. The number of aryl methyl sites for hydroxylation is 3. The molecule has 1 heterocycles. The molecule has 2 aromatic carbocycles. The van der Waals surface area contributed by atoms with Crippen molar-refractivity contribution in [1.29, 1.82) is 0 Å². The number of rotatable bonds is 5. The van der Waals surface area contributed by atoms with Crippen molar-refractivity contribution in [3.63, 3.8) is 0 Å². The van der Waals surface area contributed by atoms with Gasteiger partial charge in [0.25, 0.3) is 5.91 Å². The Morgan fingerprint density at radius 2 is 1.96 bits per heavy atom. The van der Waals surface area contributed by atoms with Gasteiger partial charge in [-0.05, 0) is 49.9 Å². The highest BCUT2D eigenvalue weighted by molar-refractivity contribution is 7.98. The Morgan fingerprint density at radius 3 is 2.68 bits per heavy atom. The second-order valence-corrected chi connectivity index (χ2v) is 8.43. The number of amides is 1. The van der Waals surface area contributed by atoms with Gasteiger partial charge >= 0.3 is 5.97 Å². The molecule has 0 aliphatic rings. The van der Waals surface area contributed by atoms with E-state index in [0.29, 0.717) is 15.9 Å². The zero-order valence-corrected chi connectivity index (χ0v) is 17.9. The van der Waals surface area contributed by atoms with Crippen molar-refractivity contribution in [1.82, 2.24) is 4.57 Å². The summed E-state index contributed by atoms with van der Waals surface area (Å²) < 4.78 is 7.75. The molecule has 7 heteroatoms. The number of benzene rings is 2. The highest BCUT2D eigenvalue weighted by Gasteiger charge is 2.13. The third kappa shape index (κ3) is 4.20. The fourth-order valence-electron chi connectivity index (χ4n) is 2.92. The molecule has 0 saturated carbocycles. The summed E-state index contributed by atoms with van der Waals surface area (Å²) in [4.78, 5) is 29.8. The maximum absolute atomic E-state index is 12.9. The topological polar surface area (TPSA) is 60.7 Å². The highest BCUT2D eigenvalue weighted by Crippen LogP contribution is 2.21. The molecule has 0 bridgehead atoms. The van der Waals surface area contributed by atoms with E-state index >= 15 is 0 Å². The fraction of sp³-hybridized carbons (Fsp3) is 0.286. The lowest BCUT2D eigenvalue weighted by molar-refractivity contribution is 0.0601. The molecule has 0 radical (unpaired) electrons. The normalized spacial score (nSPS) is 11.8. The summed E-state index contributed by atoms with van der Waals surface area (Å²) in [6, 6.07) is 11.2. The lowest BCUT2D eigenvalue weighted by Gasteiger charge is -2.05. The summed E-state index contributed by atoms with van der Waals surface area (Å²) in [6.45, 7) is 4.61. The first-order chi connectivity index (χ1) is 13.4. The molecule has 3 rings (SSSR count). The number of hydrogen-bond donors (Lipinski definition) is 0. The zero-order valence-electron chi connectivity index (χ0n) is 16.3. The maximum atomic E-state index is 12.9. The van der Waals surface area contributed by atoms with Crippen LogP contribution in [0, 0.1) is 13.8 Å². The minimum atomic E-state index is -0.379. The third-order valence-corrected chi connectivity index (χ3v) is 6.08. The number of thioether (sulfide) groups is 1. The molecular weight excluding hydrogens is 392 g/mol. The number of nitrogens with zero attached hydrogens (tertiary/aromatic N) is 2. The van der Waals surface area contributed by atoms with E-state index in [2.05, 4.69) is 4.99 Å². The Hall–Kier alpha value is -2.38. The van der Waals surface area contributed by atoms with E-state index in [4.69, 9.17) is 4.74 Å². The van der Waals surface area contributed by atoms with E-state index in [0.717, 1.165) is 33.6 Å². The molecule has 0 spiro atoms. The first-order valence-electron chi connectivity index (χ1n) is 8.81. The first kappa shape index (κ1) is 20.4. The minimum Gasteiger partial charge on any atom is -0.465 e. The van der Waals surface area contributed by atoms with Gasteiger partial charge in [-0.15, -0.1) is 0 Å². The number of carbonyl (C=O) groups is 2. The Bertz CT molecular complexity index is 1110. The lowest BCUT2D eigenvalue weighted by atomic mass is 10.1. The van der Waals surface area contributed by atoms with Gasteiger partial charge in [-0.2, -0.15) is 16.8 Å². The molecule has 1 amide bonds. The predicted molar refractivity (Wildman–Crippen MR) is 115 cm³/mol. The van der Waals surface area contributed by atoms with Crippen LogP contribution >= 0.6 is 23.1 Å². The number of fused-ring (bicyclic) bond motifs is 1. The molecular formula is C21H22N2O3S2. The van der Waals surface area contributed by atoms with Crippen LogP contribution in [0.4, 0.5) is 0 Å². The monoisotopic (exact) mass is 414 g/mol. The molecule has 0 unspecified atom stereocenters. The summed E-state index contributed by atoms with van der Waals surface area (Å²) in [5.41, 5.74) is 3.99. The Balaban J connectivity index is 2.14. The Kier molecular flexibility index (Phi) is 6.36. The van der Waals surface area contributed by atoms with E-state index in [1.165, 1.54) is 18.4 Å². The van der Waals surface area contributed by atoms with Crippen molar-refractivity contribution in [2.75, 3.05) is 19.1 Å². The number of methoxy groups -OCH3 is 1. The molecule has 0 atom stereocenters. The summed E-state index contributed by atoms with van der Waals surface area (Å²) in [7, 11) is 1.36. The van der Waals surface area contributed by atoms with Crippen molar-refractivity contribution >= 4 is 45.2 Å². The molecule has 0 aliphatic carbocycles. The third-order valence-electron chi connectivity index (χ3n) is 4.44. The minimum absolute atomic E-state index is 0.251. The molecule has 0 aliphatic heterocycles. The zero-order chi connectivity index (χ0) is 20.3. The van der Waals surface area contributed by atoms with Gasteiger partial charge in [-0.3, -0.25) is 4.79 Å². The van der Waals surface area contributed by atoms with Crippen molar-refractivity contribution in [3.05, 3.63) is 63.5 Å². The standard InChI is InChI=1S/C21H22N2O3S2/c1-13-5-6-14(2)16(11-13)19(24)22-21-23(9-10-27-4)17-8-7-15(20(25)26-3)12-18(17)28-21/h5-8,11-12H,9-10H2,1-4H3. The first-order valence-corrected chi connectivity index (χ1v) is 11.0. The van der Waals surface area contributed by atoms with Gasteiger partial charge in [0.05, 0.1) is 22.9 Å². The van der Waals surface area contributed by atoms with E-state index in [1.807, 2.05) is 48.9 Å². The van der Waals surface area contributed by atoms with Crippen LogP contribution in [0.25, 0.3) is 10.2 Å². The molecule has 0 fully saturated rings. The number of thiazole rings is 1. The van der Waals surface area contributed by atoms with E-state index in [-0.39, 0.29) is 11.9 Å². The molecule has 0 N–H and O–H groups in total. The van der Waals surface area contributed by atoms with Crippen LogP contribution in [-0.4, -0.2) is 35.6 Å². The summed E-state index contributed by atoms with van der Waals surface area (Å²) >= 11 is 3.14. The van der Waals surface area contributed by atoms with Gasteiger partial charge in [-0.1, -0.05) is 29.0 Å². The van der Waals surface area contributed by atoms with E-state index < -0.39 is 0 Å². The second-order valence-electron chi connectivity index (χ2n) is 6.44. The average Bonchev–Trinajstić information content (AvgIpc) is 3.03. The predicted octanol–water partition coefficient (Wildman–Crippen LogP) is 4.21. The average molecular weight is 415 g/mol. The molecule has 0 saturated heterocycles. The van der Waals surface area contributed by atoms with Gasteiger partial charge in [0.15, 0.2) is 4.80 Å². The van der Waals surface area contributed by atoms with Gasteiger partial charge in [0.1, 0.15) is 0 Å². The van der Waals surface area contributed by atoms with E-state index in [1.54, 1.807) is 23.9 Å². The van der Waals surface area contributed by atoms with Crippen LogP contribution in [-0.2, 0) is 11.3 Å². The van der Waals surface area contributed by atoms with Gasteiger partial charge < -0.3 is 9.30 Å². The lowest BCUT2D eigenvalue weighted by Crippen LogP contribution is -2.18. The van der Waals surface area contributed by atoms with Crippen LogP contribution in [0.15, 0.2) is 41.4 Å². The molecule has 5 nitrogen and oxygen atoms in total. The largest absolute Gasteiger partial charge is 0.465 e. The van der Waals surface area contributed by atoms with Crippen molar-refractivity contribution in [2.45, 2.75) is 20.4 Å².